The molecule has 9 nitrogen and oxygen atoms in total. The van der Waals surface area contributed by atoms with Gasteiger partial charge in [0, 0.05) is 24.5 Å². The van der Waals surface area contributed by atoms with Crippen LogP contribution in [0.5, 0.6) is 0 Å². The number of aromatic nitrogens is 5. The van der Waals surface area contributed by atoms with E-state index in [2.05, 4.69) is 30.8 Å². The molecule has 0 saturated heterocycles. The predicted octanol–water partition coefficient (Wildman–Crippen LogP) is 2.95. The molecule has 2 amide bonds. The molecule has 0 spiro atoms. The van der Waals surface area contributed by atoms with Crippen molar-refractivity contribution in [1.29, 1.82) is 0 Å². The third-order valence-electron chi connectivity index (χ3n) is 4.48. The Kier molecular flexibility index (Phi) is 7.71. The summed E-state index contributed by atoms with van der Waals surface area (Å²) in [5.74, 6) is 0.755. The smallest absolute Gasteiger partial charge is 0.251 e. The van der Waals surface area contributed by atoms with Crippen LogP contribution in [0, 0.1) is 5.92 Å². The number of benzene rings is 1. The Labute approximate surface area is 185 Å². The zero-order valence-corrected chi connectivity index (χ0v) is 18.5. The van der Waals surface area contributed by atoms with E-state index in [9.17, 15) is 9.59 Å². The van der Waals surface area contributed by atoms with E-state index >= 15 is 0 Å². The lowest BCUT2D eigenvalue weighted by atomic mass is 10.0. The van der Waals surface area contributed by atoms with Gasteiger partial charge in [-0.2, -0.15) is 0 Å². The lowest BCUT2D eigenvalue weighted by Crippen LogP contribution is -2.33. The number of nitrogens with zero attached hydrogens (tertiary/aromatic N) is 5. The topological polar surface area (TPSA) is 115 Å². The molecule has 1 atom stereocenters. The van der Waals surface area contributed by atoms with Crippen molar-refractivity contribution in [3.05, 3.63) is 60.2 Å². The highest BCUT2D eigenvalue weighted by Crippen LogP contribution is 2.25. The van der Waals surface area contributed by atoms with Gasteiger partial charge < -0.3 is 9.88 Å². The minimum Gasteiger partial charge on any atom is -0.342 e. The van der Waals surface area contributed by atoms with Gasteiger partial charge in [-0.3, -0.25) is 14.9 Å². The van der Waals surface area contributed by atoms with Gasteiger partial charge in [0.2, 0.25) is 11.9 Å². The van der Waals surface area contributed by atoms with E-state index in [4.69, 9.17) is 0 Å². The lowest BCUT2D eigenvalue weighted by Gasteiger charge is -2.22. The standard InChI is InChI=1S/C21H25N7O2S/c1-4-28-18(17(14(2)3)25-19(30)15-9-6-5-7-10-15)26-27-21(28)31-13-16(29)24-20-22-11-8-12-23-20/h5-12,14,17H,4,13H2,1-3H3,(H,25,30)(H,22,23,24,29)/t17-/m0/s1. The molecule has 0 aliphatic rings. The summed E-state index contributed by atoms with van der Waals surface area (Å²) >= 11 is 1.27. The van der Waals surface area contributed by atoms with E-state index in [1.165, 1.54) is 11.8 Å². The fourth-order valence-electron chi connectivity index (χ4n) is 2.93. The minimum absolute atomic E-state index is 0.0959. The van der Waals surface area contributed by atoms with Crippen LogP contribution in [-0.4, -0.2) is 42.3 Å². The summed E-state index contributed by atoms with van der Waals surface area (Å²) in [6, 6.07) is 10.4. The van der Waals surface area contributed by atoms with Gasteiger partial charge in [-0.1, -0.05) is 43.8 Å². The van der Waals surface area contributed by atoms with Crippen LogP contribution < -0.4 is 10.6 Å². The molecule has 0 saturated carbocycles. The van der Waals surface area contributed by atoms with Crippen molar-refractivity contribution < 1.29 is 9.59 Å². The summed E-state index contributed by atoms with van der Waals surface area (Å²) in [5.41, 5.74) is 0.588. The average Bonchev–Trinajstić information content (AvgIpc) is 3.19. The highest BCUT2D eigenvalue weighted by Gasteiger charge is 2.26. The number of carbonyl (C=O) groups is 2. The second-order valence-electron chi connectivity index (χ2n) is 7.06. The quantitative estimate of drug-likeness (QED) is 0.493. The molecule has 3 rings (SSSR count). The fraction of sp³-hybridized carbons (Fsp3) is 0.333. The van der Waals surface area contributed by atoms with Gasteiger partial charge in [-0.05, 0) is 31.0 Å². The first kappa shape index (κ1) is 22.4. The molecule has 2 heterocycles. The van der Waals surface area contributed by atoms with Crippen molar-refractivity contribution in [2.75, 3.05) is 11.1 Å². The monoisotopic (exact) mass is 439 g/mol. The predicted molar refractivity (Wildman–Crippen MR) is 119 cm³/mol. The molecule has 0 bridgehead atoms. The van der Waals surface area contributed by atoms with Crippen LogP contribution >= 0.6 is 11.8 Å². The average molecular weight is 440 g/mol. The van der Waals surface area contributed by atoms with Crippen molar-refractivity contribution in [1.82, 2.24) is 30.0 Å². The SMILES string of the molecule is CCn1c(SCC(=O)Nc2ncccn2)nnc1[C@@H](NC(=O)c1ccccc1)C(C)C. The number of anilines is 1. The summed E-state index contributed by atoms with van der Waals surface area (Å²) in [6.07, 6.45) is 3.12. The largest absolute Gasteiger partial charge is 0.342 e. The molecule has 1 aromatic carbocycles. The van der Waals surface area contributed by atoms with Crippen LogP contribution in [0.2, 0.25) is 0 Å². The van der Waals surface area contributed by atoms with Crippen LogP contribution in [-0.2, 0) is 11.3 Å². The van der Waals surface area contributed by atoms with Gasteiger partial charge in [-0.25, -0.2) is 9.97 Å². The first-order valence-corrected chi connectivity index (χ1v) is 11.0. The van der Waals surface area contributed by atoms with Crippen molar-refractivity contribution in [3.63, 3.8) is 0 Å². The Hall–Kier alpha value is -3.27. The van der Waals surface area contributed by atoms with Crippen LogP contribution in [0.4, 0.5) is 5.95 Å². The number of amides is 2. The van der Waals surface area contributed by atoms with Gasteiger partial charge in [0.05, 0.1) is 11.8 Å². The molecule has 0 aliphatic carbocycles. The highest BCUT2D eigenvalue weighted by atomic mass is 32.2. The molecular weight excluding hydrogens is 414 g/mol. The van der Waals surface area contributed by atoms with Gasteiger partial charge in [-0.15, -0.1) is 10.2 Å². The molecular formula is C21H25N7O2S. The number of rotatable bonds is 9. The highest BCUT2D eigenvalue weighted by molar-refractivity contribution is 7.99. The van der Waals surface area contributed by atoms with Crippen LogP contribution in [0.15, 0.2) is 53.9 Å². The number of carbonyl (C=O) groups excluding carboxylic acids is 2. The Morgan fingerprint density at radius 2 is 1.77 bits per heavy atom. The van der Waals surface area contributed by atoms with Crippen molar-refractivity contribution >= 4 is 29.5 Å². The number of thioether (sulfide) groups is 1. The van der Waals surface area contributed by atoms with Gasteiger partial charge in [0.15, 0.2) is 11.0 Å². The van der Waals surface area contributed by atoms with E-state index in [-0.39, 0.29) is 35.5 Å². The molecule has 0 fully saturated rings. The van der Waals surface area contributed by atoms with E-state index < -0.39 is 0 Å². The number of nitrogens with one attached hydrogen (secondary N) is 2. The summed E-state index contributed by atoms with van der Waals surface area (Å²) in [6.45, 7) is 6.62. The second-order valence-corrected chi connectivity index (χ2v) is 8.00. The lowest BCUT2D eigenvalue weighted by molar-refractivity contribution is -0.113. The van der Waals surface area contributed by atoms with Gasteiger partial charge in [0.1, 0.15) is 0 Å². The Morgan fingerprint density at radius 1 is 1.06 bits per heavy atom. The van der Waals surface area contributed by atoms with Crippen LogP contribution in [0.25, 0.3) is 0 Å². The van der Waals surface area contributed by atoms with Crippen LogP contribution in [0.3, 0.4) is 0 Å². The van der Waals surface area contributed by atoms with E-state index in [1.807, 2.05) is 43.5 Å². The minimum atomic E-state index is -0.318. The molecule has 162 valence electrons. The van der Waals surface area contributed by atoms with E-state index in [0.717, 1.165) is 0 Å². The van der Waals surface area contributed by atoms with Gasteiger partial charge in [0.25, 0.3) is 5.91 Å². The molecule has 0 aliphatic heterocycles. The van der Waals surface area contributed by atoms with Crippen LogP contribution in [0.1, 0.15) is 43.0 Å². The van der Waals surface area contributed by atoms with Crippen molar-refractivity contribution in [2.45, 2.75) is 38.5 Å². The molecule has 3 aromatic rings. The second kappa shape index (κ2) is 10.7. The zero-order valence-electron chi connectivity index (χ0n) is 17.6. The first-order chi connectivity index (χ1) is 15.0. The first-order valence-electron chi connectivity index (χ1n) is 9.98. The fourth-order valence-corrected chi connectivity index (χ4v) is 3.74. The molecule has 10 heteroatoms. The normalized spacial score (nSPS) is 11.9. The molecule has 2 aromatic heterocycles. The summed E-state index contributed by atoms with van der Waals surface area (Å²) < 4.78 is 1.92. The third kappa shape index (κ3) is 5.88. The molecule has 0 unspecified atom stereocenters. The molecule has 2 N–H and O–H groups in total. The summed E-state index contributed by atoms with van der Waals surface area (Å²) in [5, 5.41) is 14.9. The third-order valence-corrected chi connectivity index (χ3v) is 5.45. The Morgan fingerprint density at radius 3 is 2.42 bits per heavy atom. The number of hydrogen-bond donors (Lipinski definition) is 2. The molecule has 31 heavy (non-hydrogen) atoms. The van der Waals surface area contributed by atoms with Crippen molar-refractivity contribution in [3.8, 4) is 0 Å². The molecule has 0 radical (unpaired) electrons. The Balaban J connectivity index is 1.70. The van der Waals surface area contributed by atoms with Crippen molar-refractivity contribution in [2.24, 2.45) is 5.92 Å². The summed E-state index contributed by atoms with van der Waals surface area (Å²) in [4.78, 5) is 32.9. The van der Waals surface area contributed by atoms with E-state index in [1.54, 1.807) is 30.6 Å². The van der Waals surface area contributed by atoms with E-state index in [0.29, 0.717) is 23.1 Å². The Bertz CT molecular complexity index is 1010. The zero-order chi connectivity index (χ0) is 22.2. The number of hydrogen-bond acceptors (Lipinski definition) is 7. The maximum absolute atomic E-state index is 12.7. The van der Waals surface area contributed by atoms with Gasteiger partial charge >= 0.3 is 0 Å². The summed E-state index contributed by atoms with van der Waals surface area (Å²) in [7, 11) is 0. The maximum atomic E-state index is 12.7. The maximum Gasteiger partial charge on any atom is 0.251 e.